The molecule has 202 valence electrons. The first-order valence-electron chi connectivity index (χ1n) is 11.4. The highest BCUT2D eigenvalue weighted by Crippen LogP contribution is 2.38. The number of nitrogen functional groups attached to an aromatic ring is 1. The molecule has 5 rings (SSSR count). The molecule has 3 heterocycles. The molecule has 1 aliphatic rings. The molecule has 8 nitrogen and oxygen atoms in total. The molecule has 0 radical (unpaired) electrons. The molecule has 2 aromatic heterocycles. The van der Waals surface area contributed by atoms with E-state index in [1.165, 1.54) is 24.3 Å². The number of amides is 2. The Morgan fingerprint density at radius 3 is 2.49 bits per heavy atom. The van der Waals surface area contributed by atoms with Gasteiger partial charge in [-0.3, -0.25) is 9.59 Å². The summed E-state index contributed by atoms with van der Waals surface area (Å²) in [6.45, 7) is -0.626. The topological polar surface area (TPSA) is 106 Å². The Labute approximate surface area is 216 Å². The van der Waals surface area contributed by atoms with Gasteiger partial charge in [0, 0.05) is 23.2 Å². The molecule has 0 unspecified atom stereocenters. The summed E-state index contributed by atoms with van der Waals surface area (Å²) < 4.78 is 83.3. The second-order valence-electron chi connectivity index (χ2n) is 8.86. The molecular formula is C25H18F6N6O2. The normalized spacial score (nSPS) is 17.5. The third-order valence-electron chi connectivity index (χ3n) is 6.33. The van der Waals surface area contributed by atoms with Gasteiger partial charge < -0.3 is 16.0 Å². The SMILES string of the molecule is Nc1ncnn2c(-c3cccc(C(=O)N[C@@H]4CN(C(=O)c5ccc(F)c(F)c5)C[C@@H]4F)c3)cc(C(F)(F)F)c12. The summed E-state index contributed by atoms with van der Waals surface area (Å²) >= 11 is 0. The van der Waals surface area contributed by atoms with Gasteiger partial charge in [-0.05, 0) is 36.4 Å². The lowest BCUT2D eigenvalue weighted by Crippen LogP contribution is -2.41. The number of hydrogen-bond donors (Lipinski definition) is 2. The number of anilines is 1. The van der Waals surface area contributed by atoms with Gasteiger partial charge in [0.05, 0.1) is 23.8 Å². The van der Waals surface area contributed by atoms with E-state index in [4.69, 9.17) is 5.73 Å². The Hall–Kier alpha value is -4.62. The minimum Gasteiger partial charge on any atom is -0.382 e. The predicted molar refractivity (Wildman–Crippen MR) is 126 cm³/mol. The second kappa shape index (κ2) is 9.60. The zero-order valence-corrected chi connectivity index (χ0v) is 19.7. The highest BCUT2D eigenvalue weighted by Gasteiger charge is 2.38. The van der Waals surface area contributed by atoms with Crippen LogP contribution in [0.4, 0.5) is 32.2 Å². The number of nitrogens with one attached hydrogen (secondary N) is 1. The van der Waals surface area contributed by atoms with Gasteiger partial charge in [0.25, 0.3) is 11.8 Å². The molecule has 14 heteroatoms. The molecule has 0 spiro atoms. The van der Waals surface area contributed by atoms with Crippen molar-refractivity contribution in [2.24, 2.45) is 0 Å². The molecule has 1 aliphatic heterocycles. The number of carbonyl (C=O) groups is 2. The Kier molecular flexibility index (Phi) is 6.40. The summed E-state index contributed by atoms with van der Waals surface area (Å²) in [7, 11) is 0. The summed E-state index contributed by atoms with van der Waals surface area (Å²) in [5.74, 6) is -4.22. The Bertz CT molecular complexity index is 1600. The van der Waals surface area contributed by atoms with Crippen molar-refractivity contribution < 1.29 is 35.9 Å². The van der Waals surface area contributed by atoms with Crippen molar-refractivity contribution in [3.05, 3.63) is 83.2 Å². The molecule has 0 saturated carbocycles. The van der Waals surface area contributed by atoms with Crippen LogP contribution in [-0.4, -0.2) is 56.6 Å². The Morgan fingerprint density at radius 2 is 1.77 bits per heavy atom. The number of alkyl halides is 4. The number of likely N-dealkylation sites (tertiary alicyclic amines) is 1. The number of hydrogen-bond acceptors (Lipinski definition) is 5. The lowest BCUT2D eigenvalue weighted by Gasteiger charge is -2.17. The maximum absolute atomic E-state index is 14.7. The monoisotopic (exact) mass is 548 g/mol. The first-order valence-corrected chi connectivity index (χ1v) is 11.4. The maximum Gasteiger partial charge on any atom is 0.418 e. The van der Waals surface area contributed by atoms with E-state index in [1.54, 1.807) is 0 Å². The number of rotatable bonds is 4. The summed E-state index contributed by atoms with van der Waals surface area (Å²) in [5.41, 5.74) is 4.21. The lowest BCUT2D eigenvalue weighted by molar-refractivity contribution is -0.136. The van der Waals surface area contributed by atoms with Crippen LogP contribution in [0, 0.1) is 11.6 Å². The van der Waals surface area contributed by atoms with Crippen LogP contribution in [0.15, 0.2) is 54.9 Å². The van der Waals surface area contributed by atoms with Crippen molar-refractivity contribution in [1.29, 1.82) is 0 Å². The van der Waals surface area contributed by atoms with Crippen molar-refractivity contribution >= 4 is 23.1 Å². The fraction of sp³-hybridized carbons (Fsp3) is 0.200. The largest absolute Gasteiger partial charge is 0.418 e. The van der Waals surface area contributed by atoms with E-state index < -0.39 is 52.9 Å². The fourth-order valence-corrected chi connectivity index (χ4v) is 4.44. The number of carbonyl (C=O) groups excluding carboxylic acids is 2. The molecule has 2 atom stereocenters. The van der Waals surface area contributed by atoms with Crippen LogP contribution in [0.3, 0.4) is 0 Å². The van der Waals surface area contributed by atoms with Crippen LogP contribution in [0.5, 0.6) is 0 Å². The van der Waals surface area contributed by atoms with Gasteiger partial charge in [0.15, 0.2) is 17.5 Å². The molecule has 2 aromatic carbocycles. The summed E-state index contributed by atoms with van der Waals surface area (Å²) in [6, 6.07) is 7.87. The van der Waals surface area contributed by atoms with Crippen LogP contribution >= 0.6 is 0 Å². The van der Waals surface area contributed by atoms with E-state index in [0.29, 0.717) is 6.07 Å². The molecular weight excluding hydrogens is 530 g/mol. The number of fused-ring (bicyclic) bond motifs is 1. The predicted octanol–water partition coefficient (Wildman–Crippen LogP) is 3.87. The average Bonchev–Trinajstić information content (AvgIpc) is 3.47. The molecule has 39 heavy (non-hydrogen) atoms. The number of nitrogens with zero attached hydrogens (tertiary/aromatic N) is 4. The van der Waals surface area contributed by atoms with Gasteiger partial charge in [0.2, 0.25) is 0 Å². The van der Waals surface area contributed by atoms with Gasteiger partial charge in [-0.2, -0.15) is 18.3 Å². The Morgan fingerprint density at radius 1 is 1.00 bits per heavy atom. The van der Waals surface area contributed by atoms with E-state index >= 15 is 0 Å². The van der Waals surface area contributed by atoms with E-state index in [-0.39, 0.29) is 41.3 Å². The zero-order chi connectivity index (χ0) is 28.1. The molecule has 0 bridgehead atoms. The maximum atomic E-state index is 14.7. The van der Waals surface area contributed by atoms with Crippen LogP contribution in [-0.2, 0) is 6.18 Å². The summed E-state index contributed by atoms with van der Waals surface area (Å²) in [5, 5.41) is 6.36. The first-order chi connectivity index (χ1) is 18.4. The average molecular weight is 548 g/mol. The molecule has 4 aromatic rings. The lowest BCUT2D eigenvalue weighted by atomic mass is 10.1. The molecule has 0 aliphatic carbocycles. The van der Waals surface area contributed by atoms with Crippen LogP contribution in [0.25, 0.3) is 16.8 Å². The van der Waals surface area contributed by atoms with Crippen molar-refractivity contribution in [3.63, 3.8) is 0 Å². The van der Waals surface area contributed by atoms with Gasteiger partial charge in [0.1, 0.15) is 18.0 Å². The first kappa shape index (κ1) is 26.0. The quantitative estimate of drug-likeness (QED) is 0.377. The standard InChI is InChI=1S/C25H18F6N6O2/c26-16-5-4-14(7-17(16)27)24(39)36-9-18(28)19(10-36)35-23(38)13-3-1-2-12(6-13)20-8-15(25(29,30)31)21-22(32)33-11-34-37(20)21/h1-8,11,18-19H,9-10H2,(H,35,38)(H2,32,33,34)/t18-,19+/m0/s1. The van der Waals surface area contributed by atoms with E-state index in [2.05, 4.69) is 15.4 Å². The van der Waals surface area contributed by atoms with Crippen molar-refractivity contribution in [3.8, 4) is 11.3 Å². The second-order valence-corrected chi connectivity index (χ2v) is 8.86. The smallest absolute Gasteiger partial charge is 0.382 e. The van der Waals surface area contributed by atoms with Crippen LogP contribution < -0.4 is 11.1 Å². The number of nitrogens with two attached hydrogens (primary N) is 1. The number of halogens is 6. The number of aromatic nitrogens is 3. The summed E-state index contributed by atoms with van der Waals surface area (Å²) in [4.78, 5) is 30.2. The minimum absolute atomic E-state index is 0.00592. The molecule has 3 N–H and O–H groups in total. The highest BCUT2D eigenvalue weighted by molar-refractivity contribution is 5.97. The van der Waals surface area contributed by atoms with Crippen molar-refractivity contribution in [2.45, 2.75) is 18.4 Å². The van der Waals surface area contributed by atoms with Crippen LogP contribution in [0.2, 0.25) is 0 Å². The molecule has 1 fully saturated rings. The third-order valence-corrected chi connectivity index (χ3v) is 6.33. The van der Waals surface area contributed by atoms with Gasteiger partial charge in [-0.15, -0.1) is 0 Å². The molecule has 1 saturated heterocycles. The molecule has 2 amide bonds. The van der Waals surface area contributed by atoms with Gasteiger partial charge in [-0.25, -0.2) is 22.7 Å². The van der Waals surface area contributed by atoms with Crippen molar-refractivity contribution in [2.75, 3.05) is 18.8 Å². The third kappa shape index (κ3) is 4.84. The highest BCUT2D eigenvalue weighted by atomic mass is 19.4. The summed E-state index contributed by atoms with van der Waals surface area (Å²) in [6.07, 6.45) is -5.41. The van der Waals surface area contributed by atoms with Crippen LogP contribution in [0.1, 0.15) is 26.3 Å². The van der Waals surface area contributed by atoms with Gasteiger partial charge >= 0.3 is 6.18 Å². The number of benzene rings is 2. The zero-order valence-electron chi connectivity index (χ0n) is 19.7. The van der Waals surface area contributed by atoms with E-state index in [9.17, 15) is 35.9 Å². The minimum atomic E-state index is -4.75. The van der Waals surface area contributed by atoms with E-state index in [0.717, 1.165) is 33.9 Å². The fourth-order valence-electron chi connectivity index (χ4n) is 4.44. The van der Waals surface area contributed by atoms with E-state index in [1.807, 2.05) is 0 Å². The van der Waals surface area contributed by atoms with Gasteiger partial charge in [-0.1, -0.05) is 12.1 Å². The Balaban J connectivity index is 1.37. The van der Waals surface area contributed by atoms with Crippen molar-refractivity contribution in [1.82, 2.24) is 24.8 Å².